The molecule has 380 valence electrons. The van der Waals surface area contributed by atoms with Crippen molar-refractivity contribution in [1.29, 1.82) is 0 Å². The average Bonchev–Trinajstić information content (AvgIpc) is 3.31. The molecule has 0 aromatic carbocycles. The minimum Gasteiger partial charge on any atom is -0.462 e. The van der Waals surface area contributed by atoms with Crippen molar-refractivity contribution in [2.24, 2.45) is 0 Å². The summed E-state index contributed by atoms with van der Waals surface area (Å²) in [5.41, 5.74) is 0. The maximum absolute atomic E-state index is 12.7. The molecule has 0 radical (unpaired) electrons. The Morgan fingerprint density at radius 3 is 0.985 bits per heavy atom. The Morgan fingerprint density at radius 1 is 0.318 bits per heavy atom. The van der Waals surface area contributed by atoms with Crippen molar-refractivity contribution < 1.29 is 28.6 Å². The number of allylic oxidation sites excluding steroid dienone is 12. The molecule has 0 rings (SSSR count). The number of carbonyl (C=O) groups is 3. The van der Waals surface area contributed by atoms with Crippen LogP contribution in [0.15, 0.2) is 72.9 Å². The van der Waals surface area contributed by atoms with E-state index >= 15 is 0 Å². The summed E-state index contributed by atoms with van der Waals surface area (Å²) in [4.78, 5) is 37.8. The van der Waals surface area contributed by atoms with Crippen LogP contribution in [0.25, 0.3) is 0 Å². The van der Waals surface area contributed by atoms with Crippen molar-refractivity contribution in [1.82, 2.24) is 0 Å². The standard InChI is InChI=1S/C60H104O6/c1-4-7-10-13-16-18-20-22-24-26-27-28-29-30-31-32-33-35-36-38-40-42-44-47-50-53-59(62)65-56-57(55-64-58(61)52-49-46-15-12-9-6-3)66-60(63)54-51-48-45-43-41-39-37-34-25-23-21-19-17-14-11-8-5-2/h8,11,17,19,23,25-27,37,39,43,45,57H,4-7,9-10,12-16,18,20-22,24,28-36,38,40-42,44,46-56H2,1-3H3/b11-8-,19-17-,25-23-,27-26-,39-37-,45-43-. The van der Waals surface area contributed by atoms with Gasteiger partial charge >= 0.3 is 17.9 Å². The van der Waals surface area contributed by atoms with Crippen LogP contribution in [0.4, 0.5) is 0 Å². The zero-order chi connectivity index (χ0) is 47.9. The summed E-state index contributed by atoms with van der Waals surface area (Å²) in [7, 11) is 0. The van der Waals surface area contributed by atoms with E-state index in [9.17, 15) is 14.4 Å². The van der Waals surface area contributed by atoms with Gasteiger partial charge in [0.2, 0.25) is 0 Å². The third kappa shape index (κ3) is 51.8. The Kier molecular flexibility index (Phi) is 51.9. The molecule has 6 heteroatoms. The van der Waals surface area contributed by atoms with Crippen LogP contribution >= 0.6 is 0 Å². The van der Waals surface area contributed by atoms with E-state index in [1.807, 2.05) is 0 Å². The van der Waals surface area contributed by atoms with Gasteiger partial charge in [0.15, 0.2) is 6.10 Å². The van der Waals surface area contributed by atoms with Gasteiger partial charge in [-0.15, -0.1) is 0 Å². The van der Waals surface area contributed by atoms with E-state index in [-0.39, 0.29) is 37.5 Å². The number of carbonyl (C=O) groups excluding carboxylic acids is 3. The lowest BCUT2D eigenvalue weighted by Crippen LogP contribution is -2.30. The Labute approximate surface area is 408 Å². The van der Waals surface area contributed by atoms with E-state index in [4.69, 9.17) is 14.2 Å². The monoisotopic (exact) mass is 921 g/mol. The Morgan fingerprint density at radius 2 is 0.606 bits per heavy atom. The van der Waals surface area contributed by atoms with E-state index in [1.54, 1.807) is 0 Å². The predicted molar refractivity (Wildman–Crippen MR) is 284 cm³/mol. The lowest BCUT2D eigenvalue weighted by atomic mass is 10.0. The van der Waals surface area contributed by atoms with Crippen LogP contribution in [0.3, 0.4) is 0 Å². The van der Waals surface area contributed by atoms with Gasteiger partial charge in [0, 0.05) is 19.3 Å². The second kappa shape index (κ2) is 54.5. The maximum atomic E-state index is 12.7. The van der Waals surface area contributed by atoms with Gasteiger partial charge in [0.05, 0.1) is 0 Å². The first-order valence-corrected chi connectivity index (χ1v) is 27.9. The lowest BCUT2D eigenvalue weighted by Gasteiger charge is -2.18. The molecule has 0 aliphatic carbocycles. The van der Waals surface area contributed by atoms with Crippen molar-refractivity contribution >= 4 is 17.9 Å². The summed E-state index contributed by atoms with van der Waals surface area (Å²) in [6.07, 6.45) is 69.4. The molecule has 0 amide bonds. The van der Waals surface area contributed by atoms with Gasteiger partial charge in [0.25, 0.3) is 0 Å². The van der Waals surface area contributed by atoms with Crippen LogP contribution in [0.1, 0.15) is 271 Å². The van der Waals surface area contributed by atoms with Crippen molar-refractivity contribution in [2.75, 3.05) is 13.2 Å². The number of esters is 3. The first-order valence-electron chi connectivity index (χ1n) is 27.9. The van der Waals surface area contributed by atoms with Crippen molar-refractivity contribution in [3.8, 4) is 0 Å². The molecule has 0 N–H and O–H groups in total. The van der Waals surface area contributed by atoms with Crippen molar-refractivity contribution in [3.63, 3.8) is 0 Å². The molecule has 0 fully saturated rings. The van der Waals surface area contributed by atoms with Gasteiger partial charge in [-0.1, -0.05) is 241 Å². The number of rotatable bonds is 50. The maximum Gasteiger partial charge on any atom is 0.306 e. The van der Waals surface area contributed by atoms with E-state index < -0.39 is 6.10 Å². The normalized spacial score (nSPS) is 12.6. The minimum atomic E-state index is -0.801. The van der Waals surface area contributed by atoms with Crippen molar-refractivity contribution in [2.45, 2.75) is 277 Å². The third-order valence-corrected chi connectivity index (χ3v) is 11.9. The summed E-state index contributed by atoms with van der Waals surface area (Å²) in [5.74, 6) is -0.962. The number of unbranched alkanes of at least 4 members (excludes halogenated alkanes) is 27. The molecular weight excluding hydrogens is 817 g/mol. The molecule has 0 heterocycles. The van der Waals surface area contributed by atoms with E-state index in [2.05, 4.69) is 93.7 Å². The predicted octanol–water partition coefficient (Wildman–Crippen LogP) is 18.6. The highest BCUT2D eigenvalue weighted by Gasteiger charge is 2.19. The fraction of sp³-hybridized carbons (Fsp3) is 0.750. The molecule has 0 aromatic rings. The van der Waals surface area contributed by atoms with E-state index in [0.717, 1.165) is 77.0 Å². The van der Waals surface area contributed by atoms with Crippen LogP contribution in [0, 0.1) is 0 Å². The number of hydrogen-bond donors (Lipinski definition) is 0. The molecule has 0 aliphatic heterocycles. The molecule has 0 saturated heterocycles. The molecule has 66 heavy (non-hydrogen) atoms. The molecule has 0 spiro atoms. The zero-order valence-corrected chi connectivity index (χ0v) is 43.4. The van der Waals surface area contributed by atoms with Crippen LogP contribution in [0.5, 0.6) is 0 Å². The van der Waals surface area contributed by atoms with Gasteiger partial charge in [0.1, 0.15) is 13.2 Å². The molecule has 0 aromatic heterocycles. The molecule has 0 saturated carbocycles. The Balaban J connectivity index is 4.17. The summed E-state index contributed by atoms with van der Waals surface area (Å²) in [6.45, 7) is 6.43. The molecule has 0 aliphatic rings. The Hall–Kier alpha value is -3.15. The van der Waals surface area contributed by atoms with Crippen molar-refractivity contribution in [3.05, 3.63) is 72.9 Å². The summed E-state index contributed by atoms with van der Waals surface area (Å²) in [5, 5.41) is 0. The van der Waals surface area contributed by atoms with Gasteiger partial charge < -0.3 is 14.2 Å². The molecular formula is C60H104O6. The fourth-order valence-corrected chi connectivity index (χ4v) is 7.77. The smallest absolute Gasteiger partial charge is 0.306 e. The quantitative estimate of drug-likeness (QED) is 0.0262. The van der Waals surface area contributed by atoms with E-state index in [0.29, 0.717) is 19.3 Å². The molecule has 0 bridgehead atoms. The van der Waals surface area contributed by atoms with Gasteiger partial charge in [-0.2, -0.15) is 0 Å². The molecule has 1 atom stereocenters. The first kappa shape index (κ1) is 62.8. The molecule has 6 nitrogen and oxygen atoms in total. The summed E-state index contributed by atoms with van der Waals surface area (Å²) in [6, 6.07) is 0. The highest BCUT2D eigenvalue weighted by Crippen LogP contribution is 2.15. The fourth-order valence-electron chi connectivity index (χ4n) is 7.77. The minimum absolute atomic E-state index is 0.0968. The highest BCUT2D eigenvalue weighted by molar-refractivity contribution is 5.71. The summed E-state index contributed by atoms with van der Waals surface area (Å²) >= 11 is 0. The van der Waals surface area contributed by atoms with Gasteiger partial charge in [-0.3, -0.25) is 14.4 Å². The van der Waals surface area contributed by atoms with Crippen LogP contribution in [-0.4, -0.2) is 37.2 Å². The topological polar surface area (TPSA) is 78.9 Å². The Bertz CT molecular complexity index is 1240. The zero-order valence-electron chi connectivity index (χ0n) is 43.4. The van der Waals surface area contributed by atoms with E-state index in [1.165, 1.54) is 148 Å². The second-order valence-corrected chi connectivity index (χ2v) is 18.5. The van der Waals surface area contributed by atoms with Crippen LogP contribution in [0.2, 0.25) is 0 Å². The SMILES string of the molecule is CC/C=C\C/C=C\C/C=C\C/C=C\C/C=C\CCCC(=O)OC(COC(=O)CCCCCCCC)COC(=O)CCCCCCCCCCCCCCC/C=C\CCCCCCCCCC. The lowest BCUT2D eigenvalue weighted by molar-refractivity contribution is -0.167. The van der Waals surface area contributed by atoms with Crippen LogP contribution < -0.4 is 0 Å². The van der Waals surface area contributed by atoms with Crippen LogP contribution in [-0.2, 0) is 28.6 Å². The second-order valence-electron chi connectivity index (χ2n) is 18.5. The average molecular weight is 921 g/mol. The highest BCUT2D eigenvalue weighted by atomic mass is 16.6. The largest absolute Gasteiger partial charge is 0.462 e. The third-order valence-electron chi connectivity index (χ3n) is 11.9. The molecule has 1 unspecified atom stereocenters. The first-order chi connectivity index (χ1) is 32.5. The number of hydrogen-bond acceptors (Lipinski definition) is 6. The summed E-state index contributed by atoms with van der Waals surface area (Å²) < 4.78 is 16.7. The number of ether oxygens (including phenoxy) is 3. The van der Waals surface area contributed by atoms with Gasteiger partial charge in [-0.05, 0) is 83.5 Å². The van der Waals surface area contributed by atoms with Gasteiger partial charge in [-0.25, -0.2) is 0 Å².